The number of hydrogen-bond acceptors (Lipinski definition) is 2. The molecule has 1 heterocycles. The fourth-order valence-electron chi connectivity index (χ4n) is 1.53. The lowest BCUT2D eigenvalue weighted by Crippen LogP contribution is -1.91. The summed E-state index contributed by atoms with van der Waals surface area (Å²) in [6, 6.07) is 5.50. The van der Waals surface area contributed by atoms with Crippen molar-refractivity contribution in [2.75, 3.05) is 5.73 Å². The number of hydrogen-bond donors (Lipinski definition) is 2. The third kappa shape index (κ3) is 1.04. The van der Waals surface area contributed by atoms with E-state index in [-0.39, 0.29) is 5.75 Å². The van der Waals surface area contributed by atoms with Crippen molar-refractivity contribution in [3.63, 3.8) is 0 Å². The van der Waals surface area contributed by atoms with E-state index >= 15 is 0 Å². The quantitative estimate of drug-likeness (QED) is 0.475. The van der Waals surface area contributed by atoms with Gasteiger partial charge in [-0.25, -0.2) is 0 Å². The molecule has 0 fully saturated rings. The first-order valence-corrected chi connectivity index (χ1v) is 4.14. The number of nitrogen functional groups attached to an aromatic ring is 1. The van der Waals surface area contributed by atoms with Gasteiger partial charge < -0.3 is 15.4 Å². The molecule has 0 atom stereocenters. The summed E-state index contributed by atoms with van der Waals surface area (Å²) in [5.41, 5.74) is 8.23. The molecular formula is C10H12N2O. The highest BCUT2D eigenvalue weighted by molar-refractivity contribution is 5.86. The third-order valence-corrected chi connectivity index (χ3v) is 2.43. The minimum Gasteiger partial charge on any atom is -0.506 e. The predicted molar refractivity (Wildman–Crippen MR) is 53.7 cm³/mol. The number of benzene rings is 1. The summed E-state index contributed by atoms with van der Waals surface area (Å²) in [5, 5.41) is 10.4. The first kappa shape index (κ1) is 7.98. The summed E-state index contributed by atoms with van der Waals surface area (Å²) >= 11 is 0. The van der Waals surface area contributed by atoms with E-state index in [0.29, 0.717) is 5.69 Å². The molecule has 3 N–H and O–H groups in total. The van der Waals surface area contributed by atoms with Crippen molar-refractivity contribution in [1.29, 1.82) is 0 Å². The van der Waals surface area contributed by atoms with Crippen molar-refractivity contribution in [3.8, 4) is 5.75 Å². The average molecular weight is 176 g/mol. The van der Waals surface area contributed by atoms with Gasteiger partial charge in [0.25, 0.3) is 0 Å². The Kier molecular flexibility index (Phi) is 1.49. The van der Waals surface area contributed by atoms with Gasteiger partial charge in [0.15, 0.2) is 0 Å². The summed E-state index contributed by atoms with van der Waals surface area (Å²) in [5.74, 6) is 0.151. The molecule has 3 nitrogen and oxygen atoms in total. The fraction of sp³-hybridized carbons (Fsp3) is 0.200. The van der Waals surface area contributed by atoms with E-state index in [9.17, 15) is 5.11 Å². The molecule has 0 aliphatic rings. The summed E-state index contributed by atoms with van der Waals surface area (Å²) in [6.45, 7) is 2.02. The lowest BCUT2D eigenvalue weighted by molar-refractivity contribution is 0.479. The molecule has 0 spiro atoms. The Morgan fingerprint density at radius 3 is 2.69 bits per heavy atom. The zero-order chi connectivity index (χ0) is 9.59. The molecular weight excluding hydrogens is 164 g/mol. The van der Waals surface area contributed by atoms with Crippen LogP contribution in [0.5, 0.6) is 5.75 Å². The molecule has 2 aromatic rings. The van der Waals surface area contributed by atoms with E-state index in [2.05, 4.69) is 0 Å². The van der Waals surface area contributed by atoms with Crippen molar-refractivity contribution in [2.24, 2.45) is 7.05 Å². The summed E-state index contributed by atoms with van der Waals surface area (Å²) < 4.78 is 2.05. The van der Waals surface area contributed by atoms with Crippen LogP contribution in [-0.2, 0) is 7.05 Å². The average Bonchev–Trinajstić information content (AvgIpc) is 2.32. The van der Waals surface area contributed by atoms with Gasteiger partial charge in [0.1, 0.15) is 5.75 Å². The highest BCUT2D eigenvalue weighted by Gasteiger charge is 2.05. The van der Waals surface area contributed by atoms with Crippen LogP contribution < -0.4 is 5.73 Å². The highest BCUT2D eigenvalue weighted by atomic mass is 16.3. The SMILES string of the molecule is Cc1cc2cc(O)c(N)cc2n1C. The molecule has 1 aromatic carbocycles. The van der Waals surface area contributed by atoms with Gasteiger partial charge >= 0.3 is 0 Å². The number of aryl methyl sites for hydroxylation is 2. The molecule has 0 radical (unpaired) electrons. The van der Waals surface area contributed by atoms with Crippen LogP contribution in [0.1, 0.15) is 5.69 Å². The number of phenols is 1. The Hall–Kier alpha value is -1.64. The van der Waals surface area contributed by atoms with Crippen LogP contribution in [0.3, 0.4) is 0 Å². The standard InChI is InChI=1S/C10H12N2O/c1-6-3-7-4-10(13)8(11)5-9(7)12(6)2/h3-5,13H,11H2,1-2H3. The molecule has 3 heteroatoms. The monoisotopic (exact) mass is 176 g/mol. The number of anilines is 1. The normalized spacial score (nSPS) is 10.9. The van der Waals surface area contributed by atoms with Crippen molar-refractivity contribution in [3.05, 3.63) is 23.9 Å². The van der Waals surface area contributed by atoms with Crippen LogP contribution >= 0.6 is 0 Å². The van der Waals surface area contributed by atoms with Crippen molar-refractivity contribution in [1.82, 2.24) is 4.57 Å². The van der Waals surface area contributed by atoms with E-state index < -0.39 is 0 Å². The Morgan fingerprint density at radius 1 is 1.31 bits per heavy atom. The topological polar surface area (TPSA) is 51.2 Å². The second kappa shape index (κ2) is 2.42. The lowest BCUT2D eigenvalue weighted by Gasteiger charge is -2.01. The maximum absolute atomic E-state index is 9.38. The molecule has 68 valence electrons. The number of fused-ring (bicyclic) bond motifs is 1. The molecule has 2 rings (SSSR count). The maximum Gasteiger partial charge on any atom is 0.139 e. The minimum atomic E-state index is 0.151. The Balaban J connectivity index is 2.89. The van der Waals surface area contributed by atoms with E-state index in [0.717, 1.165) is 16.6 Å². The molecule has 0 saturated carbocycles. The summed E-state index contributed by atoms with van der Waals surface area (Å²) in [7, 11) is 1.98. The van der Waals surface area contributed by atoms with Crippen LogP contribution in [0.2, 0.25) is 0 Å². The Bertz CT molecular complexity index is 471. The smallest absolute Gasteiger partial charge is 0.139 e. The molecule has 0 bridgehead atoms. The first-order chi connectivity index (χ1) is 6.09. The van der Waals surface area contributed by atoms with E-state index in [1.165, 1.54) is 0 Å². The van der Waals surface area contributed by atoms with Crippen LogP contribution in [0, 0.1) is 6.92 Å². The van der Waals surface area contributed by atoms with Crippen LogP contribution in [-0.4, -0.2) is 9.67 Å². The minimum absolute atomic E-state index is 0.151. The number of phenolic OH excluding ortho intramolecular Hbond substituents is 1. The highest BCUT2D eigenvalue weighted by Crippen LogP contribution is 2.28. The molecule has 0 saturated heterocycles. The number of nitrogens with two attached hydrogens (primary N) is 1. The number of aromatic nitrogens is 1. The van der Waals surface area contributed by atoms with Gasteiger partial charge in [-0.3, -0.25) is 0 Å². The van der Waals surface area contributed by atoms with Crippen LogP contribution in [0.4, 0.5) is 5.69 Å². The van der Waals surface area contributed by atoms with E-state index in [1.807, 2.05) is 24.6 Å². The fourth-order valence-corrected chi connectivity index (χ4v) is 1.53. The molecule has 0 amide bonds. The van der Waals surface area contributed by atoms with Crippen molar-refractivity contribution < 1.29 is 5.11 Å². The molecule has 0 aliphatic carbocycles. The second-order valence-corrected chi connectivity index (χ2v) is 3.31. The first-order valence-electron chi connectivity index (χ1n) is 4.14. The maximum atomic E-state index is 9.38. The predicted octanol–water partition coefficient (Wildman–Crippen LogP) is 1.77. The van der Waals surface area contributed by atoms with E-state index in [1.54, 1.807) is 12.1 Å². The largest absolute Gasteiger partial charge is 0.506 e. The summed E-state index contributed by atoms with van der Waals surface area (Å²) in [6.07, 6.45) is 0. The van der Waals surface area contributed by atoms with Crippen LogP contribution in [0.25, 0.3) is 10.9 Å². The Labute approximate surface area is 76.4 Å². The van der Waals surface area contributed by atoms with Gasteiger partial charge in [0.2, 0.25) is 0 Å². The second-order valence-electron chi connectivity index (χ2n) is 3.31. The van der Waals surface area contributed by atoms with Crippen molar-refractivity contribution >= 4 is 16.6 Å². The number of aromatic hydroxyl groups is 1. The lowest BCUT2D eigenvalue weighted by atomic mass is 10.2. The van der Waals surface area contributed by atoms with Gasteiger partial charge in [-0.2, -0.15) is 0 Å². The number of rotatable bonds is 0. The number of nitrogens with zero attached hydrogens (tertiary/aromatic N) is 1. The van der Waals surface area contributed by atoms with Gasteiger partial charge in [-0.05, 0) is 25.1 Å². The zero-order valence-corrected chi connectivity index (χ0v) is 7.70. The van der Waals surface area contributed by atoms with Crippen LogP contribution in [0.15, 0.2) is 18.2 Å². The molecule has 0 aliphatic heterocycles. The van der Waals surface area contributed by atoms with Gasteiger partial charge in [-0.1, -0.05) is 0 Å². The molecule has 1 aromatic heterocycles. The molecule has 0 unspecified atom stereocenters. The third-order valence-electron chi connectivity index (χ3n) is 2.43. The van der Waals surface area contributed by atoms with Gasteiger partial charge in [-0.15, -0.1) is 0 Å². The molecule has 13 heavy (non-hydrogen) atoms. The van der Waals surface area contributed by atoms with Gasteiger partial charge in [0, 0.05) is 18.1 Å². The van der Waals surface area contributed by atoms with Gasteiger partial charge in [0.05, 0.1) is 11.2 Å². The summed E-state index contributed by atoms with van der Waals surface area (Å²) in [4.78, 5) is 0. The Morgan fingerprint density at radius 2 is 2.00 bits per heavy atom. The van der Waals surface area contributed by atoms with Crippen molar-refractivity contribution in [2.45, 2.75) is 6.92 Å². The van der Waals surface area contributed by atoms with E-state index in [4.69, 9.17) is 5.73 Å². The zero-order valence-electron chi connectivity index (χ0n) is 7.70.